The molecule has 0 aliphatic rings. The van der Waals surface area contributed by atoms with Gasteiger partial charge < -0.3 is 10.5 Å². The average molecular weight is 309 g/mol. The Morgan fingerprint density at radius 2 is 2.12 bits per heavy atom. The van der Waals surface area contributed by atoms with Crippen LogP contribution in [0.1, 0.15) is 5.56 Å². The largest absolute Gasteiger partial charge is 0.438 e. The Hall–Kier alpha value is -1.46. The molecule has 3 nitrogen and oxygen atoms in total. The van der Waals surface area contributed by atoms with Crippen LogP contribution < -0.4 is 10.5 Å². The number of ether oxygens (including phenoxy) is 1. The minimum atomic E-state index is 0.267. The molecule has 2 rings (SSSR count). The molecule has 5 heteroatoms. The van der Waals surface area contributed by atoms with Gasteiger partial charge in [0.2, 0.25) is 5.88 Å². The van der Waals surface area contributed by atoms with Crippen molar-refractivity contribution in [1.82, 2.24) is 4.98 Å². The summed E-state index contributed by atoms with van der Waals surface area (Å²) in [5.41, 5.74) is 6.23. The maximum Gasteiger partial charge on any atom is 0.229 e. The molecule has 0 spiro atoms. The molecule has 0 amide bonds. The molecular formula is C12H9BrN2OS. The Kier molecular flexibility index (Phi) is 3.71. The van der Waals surface area contributed by atoms with Crippen LogP contribution in [-0.4, -0.2) is 9.97 Å². The lowest BCUT2D eigenvalue weighted by molar-refractivity contribution is 0.461. The van der Waals surface area contributed by atoms with Crippen molar-refractivity contribution in [2.24, 2.45) is 5.73 Å². The van der Waals surface area contributed by atoms with Gasteiger partial charge in [0.1, 0.15) is 10.7 Å². The van der Waals surface area contributed by atoms with E-state index >= 15 is 0 Å². The van der Waals surface area contributed by atoms with Crippen LogP contribution in [-0.2, 0) is 0 Å². The van der Waals surface area contributed by atoms with Gasteiger partial charge in [0.05, 0.1) is 5.56 Å². The number of hydrogen-bond acceptors (Lipinski definition) is 3. The molecule has 86 valence electrons. The molecule has 0 aliphatic heterocycles. The van der Waals surface area contributed by atoms with Crippen molar-refractivity contribution in [1.29, 1.82) is 0 Å². The monoisotopic (exact) mass is 308 g/mol. The highest BCUT2D eigenvalue weighted by molar-refractivity contribution is 9.10. The van der Waals surface area contributed by atoms with Crippen LogP contribution >= 0.6 is 28.1 Å². The maximum atomic E-state index is 5.64. The van der Waals surface area contributed by atoms with Crippen molar-refractivity contribution in [3.63, 3.8) is 0 Å². The normalized spacial score (nSPS) is 9.94. The molecule has 0 saturated heterocycles. The van der Waals surface area contributed by atoms with E-state index in [0.29, 0.717) is 17.2 Å². The van der Waals surface area contributed by atoms with Crippen molar-refractivity contribution in [3.8, 4) is 11.6 Å². The second-order valence-corrected chi connectivity index (χ2v) is 4.64. The zero-order valence-corrected chi connectivity index (χ0v) is 11.2. The summed E-state index contributed by atoms with van der Waals surface area (Å²) in [5, 5.41) is 0. The number of hydrogen-bond donors (Lipinski definition) is 1. The molecule has 0 unspecified atom stereocenters. The Bertz CT molecular complexity index is 560. The summed E-state index contributed by atoms with van der Waals surface area (Å²) in [7, 11) is 0. The van der Waals surface area contributed by atoms with E-state index in [1.54, 1.807) is 18.3 Å². The van der Waals surface area contributed by atoms with Crippen molar-refractivity contribution in [3.05, 3.63) is 52.6 Å². The van der Waals surface area contributed by atoms with E-state index in [1.807, 2.05) is 24.3 Å². The van der Waals surface area contributed by atoms with Crippen LogP contribution in [0, 0.1) is 0 Å². The second kappa shape index (κ2) is 5.25. The van der Waals surface area contributed by atoms with Crippen molar-refractivity contribution >= 4 is 33.1 Å². The first-order valence-electron chi connectivity index (χ1n) is 4.85. The summed E-state index contributed by atoms with van der Waals surface area (Å²) in [6.07, 6.45) is 1.63. The first-order chi connectivity index (χ1) is 8.16. The van der Waals surface area contributed by atoms with Crippen molar-refractivity contribution < 1.29 is 4.74 Å². The predicted octanol–water partition coefficient (Wildman–Crippen LogP) is 3.27. The minimum absolute atomic E-state index is 0.267. The fourth-order valence-corrected chi connectivity index (χ4v) is 1.84. The first kappa shape index (κ1) is 12.0. The fraction of sp³-hybridized carbons (Fsp3) is 0. The highest BCUT2D eigenvalue weighted by Crippen LogP contribution is 2.25. The van der Waals surface area contributed by atoms with Gasteiger partial charge >= 0.3 is 0 Å². The lowest BCUT2D eigenvalue weighted by Gasteiger charge is -2.08. The predicted molar refractivity (Wildman–Crippen MR) is 74.3 cm³/mol. The Morgan fingerprint density at radius 3 is 2.82 bits per heavy atom. The molecule has 0 radical (unpaired) electrons. The highest BCUT2D eigenvalue weighted by Gasteiger charge is 2.08. The van der Waals surface area contributed by atoms with Gasteiger partial charge in [-0.25, -0.2) is 4.98 Å². The van der Waals surface area contributed by atoms with E-state index in [1.165, 1.54) is 0 Å². The molecule has 0 atom stereocenters. The van der Waals surface area contributed by atoms with E-state index in [9.17, 15) is 0 Å². The van der Waals surface area contributed by atoms with Gasteiger partial charge in [0.15, 0.2) is 0 Å². The summed E-state index contributed by atoms with van der Waals surface area (Å²) in [4.78, 5) is 4.39. The summed E-state index contributed by atoms with van der Waals surface area (Å²) < 4.78 is 6.58. The minimum Gasteiger partial charge on any atom is -0.438 e. The Balaban J connectivity index is 2.33. The lowest BCUT2D eigenvalue weighted by atomic mass is 10.2. The SMILES string of the molecule is NC(=S)c1cccnc1Oc1cccc(Br)c1. The van der Waals surface area contributed by atoms with Gasteiger partial charge in [-0.05, 0) is 30.3 Å². The number of thiocarbonyl (C=S) groups is 1. The summed E-state index contributed by atoms with van der Waals surface area (Å²) in [5.74, 6) is 1.09. The van der Waals surface area contributed by atoms with Crippen LogP contribution in [0.5, 0.6) is 11.6 Å². The number of nitrogens with two attached hydrogens (primary N) is 1. The fourth-order valence-electron chi connectivity index (χ4n) is 1.30. The summed E-state index contributed by atoms with van der Waals surface area (Å²) >= 11 is 8.31. The molecule has 2 aromatic rings. The molecule has 0 saturated carbocycles. The zero-order valence-electron chi connectivity index (χ0n) is 8.76. The van der Waals surface area contributed by atoms with Gasteiger partial charge in [-0.1, -0.05) is 34.2 Å². The van der Waals surface area contributed by atoms with Gasteiger partial charge in [0, 0.05) is 10.7 Å². The molecule has 1 aromatic heterocycles. The quantitative estimate of drug-likeness (QED) is 0.884. The maximum absolute atomic E-state index is 5.64. The zero-order chi connectivity index (χ0) is 12.3. The molecule has 0 fully saturated rings. The molecular weight excluding hydrogens is 300 g/mol. The van der Waals surface area contributed by atoms with E-state index < -0.39 is 0 Å². The van der Waals surface area contributed by atoms with E-state index in [2.05, 4.69) is 20.9 Å². The van der Waals surface area contributed by atoms with Gasteiger partial charge in [-0.2, -0.15) is 0 Å². The smallest absolute Gasteiger partial charge is 0.229 e. The Morgan fingerprint density at radius 1 is 1.29 bits per heavy atom. The van der Waals surface area contributed by atoms with Crippen LogP contribution in [0.2, 0.25) is 0 Å². The number of halogens is 1. The number of aromatic nitrogens is 1. The van der Waals surface area contributed by atoms with E-state index in [-0.39, 0.29) is 4.99 Å². The van der Waals surface area contributed by atoms with Crippen molar-refractivity contribution in [2.45, 2.75) is 0 Å². The standard InChI is InChI=1S/C12H9BrN2OS/c13-8-3-1-4-9(7-8)16-12-10(11(14)17)5-2-6-15-12/h1-7H,(H2,14,17). The third-order valence-corrected chi connectivity index (χ3v) is 2.76. The first-order valence-corrected chi connectivity index (χ1v) is 6.05. The van der Waals surface area contributed by atoms with Gasteiger partial charge in [-0.3, -0.25) is 0 Å². The average Bonchev–Trinajstić information content (AvgIpc) is 2.29. The highest BCUT2D eigenvalue weighted by atomic mass is 79.9. The third-order valence-electron chi connectivity index (χ3n) is 2.05. The summed E-state index contributed by atoms with van der Waals surface area (Å²) in [6, 6.07) is 11.0. The van der Waals surface area contributed by atoms with Crippen LogP contribution in [0.15, 0.2) is 47.1 Å². The number of nitrogens with zero attached hydrogens (tertiary/aromatic N) is 1. The van der Waals surface area contributed by atoms with Crippen LogP contribution in [0.3, 0.4) is 0 Å². The molecule has 2 N–H and O–H groups in total. The number of benzene rings is 1. The van der Waals surface area contributed by atoms with Crippen LogP contribution in [0.25, 0.3) is 0 Å². The summed E-state index contributed by atoms with van der Waals surface area (Å²) in [6.45, 7) is 0. The molecule has 1 aromatic carbocycles. The van der Waals surface area contributed by atoms with Crippen molar-refractivity contribution in [2.75, 3.05) is 0 Å². The molecule has 1 heterocycles. The second-order valence-electron chi connectivity index (χ2n) is 3.28. The number of rotatable bonds is 3. The third kappa shape index (κ3) is 3.01. The number of pyridine rings is 1. The molecule has 17 heavy (non-hydrogen) atoms. The topological polar surface area (TPSA) is 48.1 Å². The van der Waals surface area contributed by atoms with E-state index in [0.717, 1.165) is 4.47 Å². The van der Waals surface area contributed by atoms with Gasteiger partial charge in [0.25, 0.3) is 0 Å². The molecule has 0 bridgehead atoms. The molecule has 0 aliphatic carbocycles. The van der Waals surface area contributed by atoms with E-state index in [4.69, 9.17) is 22.7 Å². The Labute approximate surface area is 113 Å². The van der Waals surface area contributed by atoms with Gasteiger partial charge in [-0.15, -0.1) is 0 Å². The van der Waals surface area contributed by atoms with Crippen LogP contribution in [0.4, 0.5) is 0 Å². The lowest BCUT2D eigenvalue weighted by Crippen LogP contribution is -2.11.